The fourth-order valence-corrected chi connectivity index (χ4v) is 3.49. The van der Waals surface area contributed by atoms with Gasteiger partial charge in [0.15, 0.2) is 0 Å². The molecule has 3 rings (SSSR count). The van der Waals surface area contributed by atoms with Crippen LogP contribution in [0.1, 0.15) is 37.7 Å². The lowest BCUT2D eigenvalue weighted by atomic mass is 10.1. The Morgan fingerprint density at radius 2 is 1.59 bits per heavy atom. The van der Waals surface area contributed by atoms with E-state index in [1.165, 1.54) is 12.1 Å². The molecule has 1 aromatic heterocycles. The average Bonchev–Trinajstić information content (AvgIpc) is 2.94. The second-order valence-corrected chi connectivity index (χ2v) is 7.24. The van der Waals surface area contributed by atoms with Crippen LogP contribution in [-0.4, -0.2) is 32.9 Å². The molecule has 148 valence electrons. The van der Waals surface area contributed by atoms with Crippen molar-refractivity contribution in [3.63, 3.8) is 0 Å². The van der Waals surface area contributed by atoms with Crippen LogP contribution in [0.4, 0.5) is 5.69 Å². The summed E-state index contributed by atoms with van der Waals surface area (Å²) in [5.74, 6) is -2.40. The van der Waals surface area contributed by atoms with E-state index in [9.17, 15) is 19.8 Å². The lowest BCUT2D eigenvalue weighted by Gasteiger charge is -2.12. The summed E-state index contributed by atoms with van der Waals surface area (Å²) in [4.78, 5) is 27.2. The van der Waals surface area contributed by atoms with Crippen LogP contribution in [0.5, 0.6) is 0 Å². The van der Waals surface area contributed by atoms with E-state index in [0.29, 0.717) is 21.4 Å². The van der Waals surface area contributed by atoms with Crippen LogP contribution in [0, 0.1) is 13.8 Å². The van der Waals surface area contributed by atoms with E-state index < -0.39 is 11.9 Å². The van der Waals surface area contributed by atoms with Crippen LogP contribution in [0.15, 0.2) is 47.5 Å². The normalized spacial score (nSPS) is 11.2. The highest BCUT2D eigenvalue weighted by molar-refractivity contribution is 6.36. The number of rotatable bonds is 5. The third-order valence-corrected chi connectivity index (χ3v) is 4.93. The van der Waals surface area contributed by atoms with Crippen molar-refractivity contribution in [2.45, 2.75) is 13.8 Å². The number of nitrogens with zero attached hydrogens (tertiary/aromatic N) is 2. The maximum absolute atomic E-state index is 11.4. The molecular weight excluding hydrogens is 415 g/mol. The lowest BCUT2D eigenvalue weighted by molar-refractivity contribution is 0.0696. The standard InChI is InChI=1S/C21H16Cl2N2O4/c1-11-5-15(10-24-19-4-3-16(22)9-18(19)23)12(2)25(11)17-7-13(20(26)27)6-14(8-17)21(28)29/h3-10H,1-2H3,(H,26,27)(H,28,29). The predicted molar refractivity (Wildman–Crippen MR) is 113 cm³/mol. The number of aliphatic imine (C=N–C) groups is 1. The van der Waals surface area contributed by atoms with Gasteiger partial charge in [-0.15, -0.1) is 0 Å². The third-order valence-electron chi connectivity index (χ3n) is 4.39. The Morgan fingerprint density at radius 1 is 0.966 bits per heavy atom. The second-order valence-electron chi connectivity index (χ2n) is 6.39. The summed E-state index contributed by atoms with van der Waals surface area (Å²) in [6.45, 7) is 3.68. The Labute approximate surface area is 176 Å². The minimum absolute atomic E-state index is 0.101. The molecule has 29 heavy (non-hydrogen) atoms. The largest absolute Gasteiger partial charge is 0.478 e. The monoisotopic (exact) mass is 430 g/mol. The summed E-state index contributed by atoms with van der Waals surface area (Å²) >= 11 is 12.0. The molecule has 6 nitrogen and oxygen atoms in total. The van der Waals surface area contributed by atoms with Crippen LogP contribution in [0.3, 0.4) is 0 Å². The number of halogens is 2. The molecule has 0 saturated heterocycles. The van der Waals surface area contributed by atoms with Gasteiger partial charge in [0.25, 0.3) is 0 Å². The first-order valence-corrected chi connectivity index (χ1v) is 9.23. The SMILES string of the molecule is Cc1cc(C=Nc2ccc(Cl)cc2Cl)c(C)n1-c1cc(C(=O)O)cc(C(=O)O)c1. The molecule has 2 N–H and O–H groups in total. The van der Waals surface area contributed by atoms with Gasteiger partial charge < -0.3 is 14.8 Å². The molecular formula is C21H16Cl2N2O4. The Bertz CT molecular complexity index is 1130. The molecule has 0 aliphatic carbocycles. The summed E-state index contributed by atoms with van der Waals surface area (Å²) < 4.78 is 1.78. The first-order chi connectivity index (χ1) is 13.7. The van der Waals surface area contributed by atoms with Crippen molar-refractivity contribution in [1.82, 2.24) is 4.57 Å². The Kier molecular flexibility index (Phi) is 5.77. The van der Waals surface area contributed by atoms with Gasteiger partial charge in [0.1, 0.15) is 0 Å². The van der Waals surface area contributed by atoms with Gasteiger partial charge in [-0.3, -0.25) is 4.99 Å². The summed E-state index contributed by atoms with van der Waals surface area (Å²) in [7, 11) is 0. The second kappa shape index (κ2) is 8.11. The van der Waals surface area contributed by atoms with Crippen molar-refractivity contribution in [3.8, 4) is 5.69 Å². The Hall–Kier alpha value is -3.09. The van der Waals surface area contributed by atoms with Crippen LogP contribution in [0.25, 0.3) is 5.69 Å². The molecule has 0 saturated carbocycles. The fraction of sp³-hybridized carbons (Fsp3) is 0.0952. The zero-order valence-corrected chi connectivity index (χ0v) is 17.0. The van der Waals surface area contributed by atoms with Crippen molar-refractivity contribution in [2.75, 3.05) is 0 Å². The molecule has 0 amide bonds. The molecule has 0 bridgehead atoms. The van der Waals surface area contributed by atoms with Gasteiger partial charge in [0, 0.05) is 33.9 Å². The van der Waals surface area contributed by atoms with Gasteiger partial charge in [0.2, 0.25) is 0 Å². The maximum Gasteiger partial charge on any atom is 0.335 e. The number of benzene rings is 2. The first-order valence-electron chi connectivity index (χ1n) is 8.47. The highest BCUT2D eigenvalue weighted by Crippen LogP contribution is 2.28. The zero-order chi connectivity index (χ0) is 21.3. The molecule has 0 aliphatic rings. The van der Waals surface area contributed by atoms with Crippen molar-refractivity contribution in [1.29, 1.82) is 0 Å². The molecule has 0 unspecified atom stereocenters. The highest BCUT2D eigenvalue weighted by Gasteiger charge is 2.16. The number of hydrogen-bond acceptors (Lipinski definition) is 3. The van der Waals surface area contributed by atoms with E-state index in [1.807, 2.05) is 19.9 Å². The van der Waals surface area contributed by atoms with Crippen LogP contribution in [0.2, 0.25) is 10.0 Å². The zero-order valence-electron chi connectivity index (χ0n) is 15.5. The molecule has 8 heteroatoms. The summed E-state index contributed by atoms with van der Waals surface area (Å²) in [6, 6.07) is 10.9. The molecule has 0 fully saturated rings. The number of aryl methyl sites for hydroxylation is 1. The summed E-state index contributed by atoms with van der Waals surface area (Å²) in [5, 5.41) is 19.6. The topological polar surface area (TPSA) is 91.9 Å². The lowest BCUT2D eigenvalue weighted by Crippen LogP contribution is -2.07. The quantitative estimate of drug-likeness (QED) is 0.519. The smallest absolute Gasteiger partial charge is 0.335 e. The predicted octanol–water partition coefficient (Wildman–Crippen LogP) is 5.55. The number of carboxylic acids is 2. The molecule has 0 radical (unpaired) electrons. The van der Waals surface area contributed by atoms with Gasteiger partial charge in [-0.05, 0) is 56.3 Å². The van der Waals surface area contributed by atoms with Crippen LogP contribution in [-0.2, 0) is 0 Å². The van der Waals surface area contributed by atoms with E-state index in [1.54, 1.807) is 29.0 Å². The number of aromatic nitrogens is 1. The van der Waals surface area contributed by atoms with E-state index >= 15 is 0 Å². The Morgan fingerprint density at radius 3 is 2.14 bits per heavy atom. The summed E-state index contributed by atoms with van der Waals surface area (Å²) in [6.07, 6.45) is 1.65. The fourth-order valence-electron chi connectivity index (χ4n) is 3.03. The molecule has 0 atom stereocenters. The molecule has 1 heterocycles. The third kappa shape index (κ3) is 4.34. The van der Waals surface area contributed by atoms with Crippen LogP contribution < -0.4 is 0 Å². The maximum atomic E-state index is 11.4. The number of carbonyl (C=O) groups is 2. The van der Waals surface area contributed by atoms with Crippen molar-refractivity contribution >= 4 is 47.0 Å². The van der Waals surface area contributed by atoms with Gasteiger partial charge in [-0.1, -0.05) is 23.2 Å². The van der Waals surface area contributed by atoms with E-state index in [2.05, 4.69) is 4.99 Å². The highest BCUT2D eigenvalue weighted by atomic mass is 35.5. The van der Waals surface area contributed by atoms with Crippen molar-refractivity contribution in [3.05, 3.63) is 80.6 Å². The average molecular weight is 431 g/mol. The molecule has 2 aromatic carbocycles. The minimum Gasteiger partial charge on any atom is -0.478 e. The summed E-state index contributed by atoms with van der Waals surface area (Å²) in [5.41, 5.74) is 3.15. The van der Waals surface area contributed by atoms with Gasteiger partial charge in [-0.25, -0.2) is 9.59 Å². The van der Waals surface area contributed by atoms with E-state index in [4.69, 9.17) is 23.2 Å². The van der Waals surface area contributed by atoms with E-state index in [-0.39, 0.29) is 11.1 Å². The van der Waals surface area contributed by atoms with Gasteiger partial charge in [-0.2, -0.15) is 0 Å². The van der Waals surface area contributed by atoms with Crippen molar-refractivity contribution in [2.24, 2.45) is 4.99 Å². The molecule has 0 aliphatic heterocycles. The molecule has 0 spiro atoms. The minimum atomic E-state index is -1.20. The number of carboxylic acid groups (broad SMARTS) is 2. The number of aromatic carboxylic acids is 2. The van der Waals surface area contributed by atoms with Gasteiger partial charge >= 0.3 is 11.9 Å². The Balaban J connectivity index is 2.07. The number of hydrogen-bond donors (Lipinski definition) is 2. The molecule has 3 aromatic rings. The van der Waals surface area contributed by atoms with Crippen LogP contribution >= 0.6 is 23.2 Å². The van der Waals surface area contributed by atoms with E-state index in [0.717, 1.165) is 23.0 Å². The van der Waals surface area contributed by atoms with Gasteiger partial charge in [0.05, 0.1) is 21.8 Å². The van der Waals surface area contributed by atoms with Crippen molar-refractivity contribution < 1.29 is 19.8 Å². The first kappa shape index (κ1) is 20.6.